The van der Waals surface area contributed by atoms with Gasteiger partial charge >= 0.3 is 6.03 Å². The fraction of sp³-hybridized carbons (Fsp3) is 0.529. The van der Waals surface area contributed by atoms with E-state index in [0.29, 0.717) is 17.2 Å². The van der Waals surface area contributed by atoms with Gasteiger partial charge in [0.25, 0.3) is 11.1 Å². The molecule has 0 aliphatic heterocycles. The molecule has 3 amide bonds. The van der Waals surface area contributed by atoms with E-state index in [2.05, 4.69) is 20.8 Å². The van der Waals surface area contributed by atoms with Crippen molar-refractivity contribution in [2.24, 2.45) is 0 Å². The number of nitrogens with one attached hydrogen (secondary N) is 2. The number of carbonyl (C=O) groups is 2. The molecule has 8 nitrogen and oxygen atoms in total. The molecule has 0 aromatic carbocycles. The van der Waals surface area contributed by atoms with E-state index >= 15 is 0 Å². The standard InChI is InChI=1S/C17H22N4O4S/c1-10-13(8-9-24-10)15-20-21-17(25-15)26-11(2)14(22)19-16(23)18-12-6-4-3-5-7-12/h8-9,11-12H,3-7H2,1-2H3,(H2,18,19,22,23)/t11-/m1/s1. The Kier molecular flexibility index (Phi) is 5.97. The second-order valence-corrected chi connectivity index (χ2v) is 7.61. The first-order chi connectivity index (χ1) is 12.5. The summed E-state index contributed by atoms with van der Waals surface area (Å²) in [4.78, 5) is 24.2. The maximum atomic E-state index is 12.2. The van der Waals surface area contributed by atoms with Gasteiger partial charge in [-0.2, -0.15) is 0 Å². The third-order valence-corrected chi connectivity index (χ3v) is 5.25. The van der Waals surface area contributed by atoms with Gasteiger partial charge in [0.05, 0.1) is 17.1 Å². The van der Waals surface area contributed by atoms with Crippen molar-refractivity contribution in [3.05, 3.63) is 18.1 Å². The zero-order chi connectivity index (χ0) is 18.5. The van der Waals surface area contributed by atoms with E-state index in [1.54, 1.807) is 26.2 Å². The molecule has 1 atom stereocenters. The summed E-state index contributed by atoms with van der Waals surface area (Å²) in [5, 5.41) is 12.8. The van der Waals surface area contributed by atoms with Gasteiger partial charge in [0.1, 0.15) is 5.76 Å². The lowest BCUT2D eigenvalue weighted by atomic mass is 9.96. The zero-order valence-corrected chi connectivity index (χ0v) is 15.6. The first-order valence-corrected chi connectivity index (χ1v) is 9.57. The van der Waals surface area contributed by atoms with Crippen LogP contribution in [0.3, 0.4) is 0 Å². The smallest absolute Gasteiger partial charge is 0.321 e. The average Bonchev–Trinajstić information content (AvgIpc) is 3.24. The van der Waals surface area contributed by atoms with Gasteiger partial charge in [-0.3, -0.25) is 10.1 Å². The Hall–Kier alpha value is -2.29. The predicted octanol–water partition coefficient (Wildman–Crippen LogP) is 3.28. The van der Waals surface area contributed by atoms with Gasteiger partial charge < -0.3 is 14.2 Å². The lowest BCUT2D eigenvalue weighted by molar-refractivity contribution is -0.119. The molecule has 3 rings (SSSR count). The second kappa shape index (κ2) is 8.39. The molecule has 0 radical (unpaired) electrons. The predicted molar refractivity (Wildman–Crippen MR) is 95.6 cm³/mol. The number of hydrogen-bond donors (Lipinski definition) is 2. The largest absolute Gasteiger partial charge is 0.469 e. The SMILES string of the molecule is Cc1occc1-c1nnc(S[C@H](C)C(=O)NC(=O)NC2CCCCC2)o1. The second-order valence-electron chi connectivity index (χ2n) is 6.32. The fourth-order valence-corrected chi connectivity index (χ4v) is 3.54. The highest BCUT2D eigenvalue weighted by Gasteiger charge is 2.22. The number of aryl methyl sites for hydroxylation is 1. The van der Waals surface area contributed by atoms with E-state index < -0.39 is 17.2 Å². The van der Waals surface area contributed by atoms with Crippen molar-refractivity contribution in [2.45, 2.75) is 62.5 Å². The van der Waals surface area contributed by atoms with Gasteiger partial charge in [-0.25, -0.2) is 4.79 Å². The number of nitrogens with zero attached hydrogens (tertiary/aromatic N) is 2. The Morgan fingerprint density at radius 1 is 1.27 bits per heavy atom. The van der Waals surface area contributed by atoms with Crippen LogP contribution in [0.2, 0.25) is 0 Å². The molecule has 1 saturated carbocycles. The fourth-order valence-electron chi connectivity index (χ4n) is 2.86. The summed E-state index contributed by atoms with van der Waals surface area (Å²) in [7, 11) is 0. The van der Waals surface area contributed by atoms with Gasteiger partial charge in [-0.05, 0) is 32.8 Å². The lowest BCUT2D eigenvalue weighted by Gasteiger charge is -2.22. The molecule has 2 N–H and O–H groups in total. The Balaban J connectivity index is 1.50. The summed E-state index contributed by atoms with van der Waals surface area (Å²) in [6.07, 6.45) is 6.90. The first kappa shape index (κ1) is 18.5. The number of carbonyl (C=O) groups excluding carboxylic acids is 2. The zero-order valence-electron chi connectivity index (χ0n) is 14.8. The molecule has 140 valence electrons. The van der Waals surface area contributed by atoms with Crippen molar-refractivity contribution in [1.82, 2.24) is 20.8 Å². The highest BCUT2D eigenvalue weighted by atomic mass is 32.2. The van der Waals surface area contributed by atoms with E-state index in [1.165, 1.54) is 6.42 Å². The highest BCUT2D eigenvalue weighted by Crippen LogP contribution is 2.28. The van der Waals surface area contributed by atoms with Crippen LogP contribution in [0.4, 0.5) is 4.79 Å². The number of rotatable bonds is 5. The van der Waals surface area contributed by atoms with Gasteiger partial charge in [-0.1, -0.05) is 31.0 Å². The molecule has 1 aliphatic rings. The van der Waals surface area contributed by atoms with Gasteiger partial charge in [0.15, 0.2) is 0 Å². The molecule has 0 unspecified atom stereocenters. The minimum absolute atomic E-state index is 0.149. The van der Waals surface area contributed by atoms with Crippen molar-refractivity contribution in [2.75, 3.05) is 0 Å². The number of thioether (sulfide) groups is 1. The van der Waals surface area contributed by atoms with Crippen LogP contribution in [0, 0.1) is 6.92 Å². The monoisotopic (exact) mass is 378 g/mol. The topological polar surface area (TPSA) is 110 Å². The first-order valence-electron chi connectivity index (χ1n) is 8.69. The van der Waals surface area contributed by atoms with Crippen LogP contribution in [-0.4, -0.2) is 33.4 Å². The van der Waals surface area contributed by atoms with Gasteiger partial charge in [0, 0.05) is 6.04 Å². The third-order valence-electron chi connectivity index (χ3n) is 4.32. The van der Waals surface area contributed by atoms with Crippen LogP contribution in [-0.2, 0) is 4.79 Å². The van der Waals surface area contributed by atoms with Crippen LogP contribution in [0.25, 0.3) is 11.5 Å². The van der Waals surface area contributed by atoms with E-state index in [0.717, 1.165) is 37.4 Å². The normalized spacial score (nSPS) is 16.2. The van der Waals surface area contributed by atoms with E-state index in [-0.39, 0.29) is 11.3 Å². The molecule has 2 aromatic heterocycles. The molecule has 1 fully saturated rings. The Morgan fingerprint density at radius 2 is 2.04 bits per heavy atom. The number of amides is 3. The maximum Gasteiger partial charge on any atom is 0.321 e. The van der Waals surface area contributed by atoms with Crippen molar-refractivity contribution < 1.29 is 18.4 Å². The van der Waals surface area contributed by atoms with E-state index in [4.69, 9.17) is 8.83 Å². The molecular weight excluding hydrogens is 356 g/mol. The molecule has 26 heavy (non-hydrogen) atoms. The number of furan rings is 1. The molecule has 0 spiro atoms. The van der Waals surface area contributed by atoms with Crippen molar-refractivity contribution >= 4 is 23.7 Å². The summed E-state index contributed by atoms with van der Waals surface area (Å²) in [6, 6.07) is 1.44. The molecule has 2 aromatic rings. The minimum Gasteiger partial charge on any atom is -0.469 e. The Bertz CT molecular complexity index is 766. The molecule has 0 saturated heterocycles. The van der Waals surface area contributed by atoms with E-state index in [1.807, 2.05) is 0 Å². The maximum absolute atomic E-state index is 12.2. The number of urea groups is 1. The van der Waals surface area contributed by atoms with Gasteiger partial charge in [-0.15, -0.1) is 10.2 Å². The molecule has 9 heteroatoms. The van der Waals surface area contributed by atoms with Gasteiger partial charge in [0.2, 0.25) is 5.91 Å². The molecule has 0 bridgehead atoms. The molecule has 2 heterocycles. The van der Waals surface area contributed by atoms with Crippen LogP contribution in [0.15, 0.2) is 26.4 Å². The summed E-state index contributed by atoms with van der Waals surface area (Å²) in [5.41, 5.74) is 0.716. The van der Waals surface area contributed by atoms with Crippen molar-refractivity contribution in [3.63, 3.8) is 0 Å². The number of aromatic nitrogens is 2. The van der Waals surface area contributed by atoms with Crippen molar-refractivity contribution in [1.29, 1.82) is 0 Å². The number of imide groups is 1. The Morgan fingerprint density at radius 3 is 2.73 bits per heavy atom. The molecular formula is C17H22N4O4S. The van der Waals surface area contributed by atoms with E-state index in [9.17, 15) is 9.59 Å². The lowest BCUT2D eigenvalue weighted by Crippen LogP contribution is -2.47. The Labute approximate surface area is 155 Å². The highest BCUT2D eigenvalue weighted by molar-refractivity contribution is 8.00. The van der Waals surface area contributed by atoms with Crippen LogP contribution >= 0.6 is 11.8 Å². The minimum atomic E-state index is -0.550. The summed E-state index contributed by atoms with van der Waals surface area (Å²) in [5.74, 6) is 0.610. The quantitative estimate of drug-likeness (QED) is 0.768. The summed E-state index contributed by atoms with van der Waals surface area (Å²) in [6.45, 7) is 3.48. The third kappa shape index (κ3) is 4.66. The number of hydrogen-bond acceptors (Lipinski definition) is 7. The summed E-state index contributed by atoms with van der Waals surface area (Å²) >= 11 is 1.10. The summed E-state index contributed by atoms with van der Waals surface area (Å²) < 4.78 is 10.8. The molecule has 1 aliphatic carbocycles. The van der Waals surface area contributed by atoms with Crippen LogP contribution in [0.1, 0.15) is 44.8 Å². The van der Waals surface area contributed by atoms with Crippen molar-refractivity contribution in [3.8, 4) is 11.5 Å². The van der Waals surface area contributed by atoms with Crippen LogP contribution < -0.4 is 10.6 Å². The average molecular weight is 378 g/mol. The van der Waals surface area contributed by atoms with Crippen LogP contribution in [0.5, 0.6) is 0 Å².